The molecule has 0 bridgehead atoms. The van der Waals surface area contributed by atoms with Crippen LogP contribution in [0.3, 0.4) is 0 Å². The molecule has 4 aliphatic rings. The molecule has 0 aliphatic heterocycles. The van der Waals surface area contributed by atoms with Gasteiger partial charge >= 0.3 is 0 Å². The van der Waals surface area contributed by atoms with Gasteiger partial charge in [0.1, 0.15) is 0 Å². The summed E-state index contributed by atoms with van der Waals surface area (Å²) in [6, 6.07) is 0. The van der Waals surface area contributed by atoms with Crippen LogP contribution >= 0.6 is 11.3 Å². The number of aliphatic hydroxyl groups is 2. The van der Waals surface area contributed by atoms with Gasteiger partial charge in [0.2, 0.25) is 0 Å². The van der Waals surface area contributed by atoms with Crippen molar-refractivity contribution in [3.05, 3.63) is 15.6 Å². The first-order valence-corrected chi connectivity index (χ1v) is 13.3. The lowest BCUT2D eigenvalue weighted by molar-refractivity contribution is -0.107. The lowest BCUT2D eigenvalue weighted by Crippen LogP contribution is -2.51. The van der Waals surface area contributed by atoms with Crippen LogP contribution in [-0.4, -0.2) is 26.9 Å². The Morgan fingerprint density at radius 3 is 2.50 bits per heavy atom. The molecule has 3 nitrogen and oxygen atoms in total. The van der Waals surface area contributed by atoms with E-state index >= 15 is 0 Å². The molecule has 0 saturated heterocycles. The second-order valence-corrected chi connectivity index (χ2v) is 13.2. The Hall–Kier alpha value is -0.450. The number of aliphatic hydroxyl groups excluding tert-OH is 1. The van der Waals surface area contributed by atoms with E-state index in [0.29, 0.717) is 11.3 Å². The molecule has 4 heteroatoms. The number of rotatable bonds is 3. The van der Waals surface area contributed by atoms with Gasteiger partial charge in [-0.25, -0.2) is 4.98 Å². The number of aryl methyl sites for hydroxylation is 2. The van der Waals surface area contributed by atoms with E-state index in [4.69, 9.17) is 4.98 Å². The smallest absolute Gasteiger partial charge is 0.0956 e. The minimum Gasteiger partial charge on any atom is -0.392 e. The highest BCUT2D eigenvalue weighted by molar-refractivity contribution is 7.11. The highest BCUT2D eigenvalue weighted by atomic mass is 32.1. The fourth-order valence-electron chi connectivity index (χ4n) is 8.70. The Morgan fingerprint density at radius 2 is 1.77 bits per heavy atom. The summed E-state index contributed by atoms with van der Waals surface area (Å²) < 4.78 is 0. The number of thiazole rings is 1. The third-order valence-corrected chi connectivity index (χ3v) is 11.3. The van der Waals surface area contributed by atoms with Gasteiger partial charge in [-0.3, -0.25) is 0 Å². The van der Waals surface area contributed by atoms with Gasteiger partial charge < -0.3 is 10.2 Å². The van der Waals surface area contributed by atoms with Crippen molar-refractivity contribution in [2.75, 3.05) is 0 Å². The number of fused-ring (bicyclic) bond motifs is 5. The molecule has 168 valence electrons. The minimum absolute atomic E-state index is 0.248. The van der Waals surface area contributed by atoms with Crippen molar-refractivity contribution in [3.63, 3.8) is 0 Å². The number of nitrogens with zero attached hydrogens (tertiary/aromatic N) is 1. The van der Waals surface area contributed by atoms with Crippen LogP contribution in [0.25, 0.3) is 0 Å². The summed E-state index contributed by atoms with van der Waals surface area (Å²) in [6.07, 6.45) is 11.6. The van der Waals surface area contributed by atoms with E-state index in [0.717, 1.165) is 59.6 Å². The number of hydrogen-bond donors (Lipinski definition) is 2. The minimum atomic E-state index is -0.424. The highest BCUT2D eigenvalue weighted by Crippen LogP contribution is 2.65. The molecule has 4 fully saturated rings. The molecule has 9 atom stereocenters. The van der Waals surface area contributed by atoms with Crippen LogP contribution in [0.5, 0.6) is 0 Å². The zero-order valence-corrected chi connectivity index (χ0v) is 20.2. The fourth-order valence-corrected chi connectivity index (χ4v) is 9.69. The Kier molecular flexibility index (Phi) is 5.39. The quantitative estimate of drug-likeness (QED) is 0.647. The second-order valence-electron chi connectivity index (χ2n) is 11.9. The first-order chi connectivity index (χ1) is 14.2. The summed E-state index contributed by atoms with van der Waals surface area (Å²) in [7, 11) is 0. The van der Waals surface area contributed by atoms with Gasteiger partial charge in [-0.15, -0.1) is 11.3 Å². The molecule has 1 aromatic heterocycles. The van der Waals surface area contributed by atoms with Gasteiger partial charge in [0, 0.05) is 11.3 Å². The van der Waals surface area contributed by atoms with E-state index in [-0.39, 0.29) is 6.10 Å². The second kappa shape index (κ2) is 7.56. The van der Waals surface area contributed by atoms with Gasteiger partial charge in [-0.2, -0.15) is 0 Å². The van der Waals surface area contributed by atoms with Gasteiger partial charge in [0.15, 0.2) is 0 Å². The van der Waals surface area contributed by atoms with Crippen LogP contribution in [0.15, 0.2) is 0 Å². The van der Waals surface area contributed by atoms with Gasteiger partial charge in [0.25, 0.3) is 0 Å². The Bertz CT molecular complexity index is 768. The zero-order valence-electron chi connectivity index (χ0n) is 19.4. The Balaban J connectivity index is 1.30. The summed E-state index contributed by atoms with van der Waals surface area (Å²) in [5.74, 6) is 4.54. The fraction of sp³-hybridized carbons (Fsp3) is 0.885. The van der Waals surface area contributed by atoms with Crippen molar-refractivity contribution < 1.29 is 10.2 Å². The summed E-state index contributed by atoms with van der Waals surface area (Å²) in [5, 5.41) is 23.0. The molecule has 4 aliphatic carbocycles. The predicted molar refractivity (Wildman–Crippen MR) is 123 cm³/mol. The molecule has 4 saturated carbocycles. The zero-order chi connectivity index (χ0) is 21.3. The molecular weight excluding hydrogens is 390 g/mol. The molecule has 0 unspecified atom stereocenters. The van der Waals surface area contributed by atoms with Crippen molar-refractivity contribution in [2.24, 2.45) is 40.9 Å². The molecule has 1 heterocycles. The van der Waals surface area contributed by atoms with Gasteiger partial charge in [-0.05, 0) is 119 Å². The van der Waals surface area contributed by atoms with Crippen LogP contribution in [-0.2, 0) is 6.42 Å². The summed E-state index contributed by atoms with van der Waals surface area (Å²) in [6.45, 7) is 8.79. The molecule has 30 heavy (non-hydrogen) atoms. The first-order valence-electron chi connectivity index (χ1n) is 12.5. The molecule has 0 radical (unpaired) electrons. The largest absolute Gasteiger partial charge is 0.392 e. The average Bonchev–Trinajstić information content (AvgIpc) is 3.19. The number of hydrogen-bond acceptors (Lipinski definition) is 4. The lowest BCUT2D eigenvalue weighted by Gasteiger charge is -2.57. The van der Waals surface area contributed by atoms with Gasteiger partial charge in [0.05, 0.1) is 22.4 Å². The van der Waals surface area contributed by atoms with Gasteiger partial charge in [-0.1, -0.05) is 6.92 Å². The molecule has 0 aromatic carbocycles. The molecular formula is C26H41NO2S. The average molecular weight is 432 g/mol. The lowest BCUT2D eigenvalue weighted by atomic mass is 9.49. The molecule has 0 amide bonds. The van der Waals surface area contributed by atoms with Crippen LogP contribution in [0, 0.1) is 54.8 Å². The summed E-state index contributed by atoms with van der Waals surface area (Å²) >= 11 is 1.77. The van der Waals surface area contributed by atoms with E-state index < -0.39 is 5.60 Å². The predicted octanol–water partition coefficient (Wildman–Crippen LogP) is 5.68. The molecule has 1 aromatic rings. The normalized spacial score (nSPS) is 46.7. The van der Waals surface area contributed by atoms with Crippen molar-refractivity contribution in [3.8, 4) is 0 Å². The molecule has 2 N–H and O–H groups in total. The van der Waals surface area contributed by atoms with Crippen molar-refractivity contribution >= 4 is 11.3 Å². The third kappa shape index (κ3) is 3.49. The van der Waals surface area contributed by atoms with Crippen molar-refractivity contribution in [1.29, 1.82) is 0 Å². The first kappa shape index (κ1) is 21.4. The van der Waals surface area contributed by atoms with Crippen molar-refractivity contribution in [2.45, 2.75) is 104 Å². The van der Waals surface area contributed by atoms with E-state index in [9.17, 15) is 10.2 Å². The van der Waals surface area contributed by atoms with E-state index in [2.05, 4.69) is 27.7 Å². The van der Waals surface area contributed by atoms with Crippen LogP contribution in [0.4, 0.5) is 0 Å². The van der Waals surface area contributed by atoms with E-state index in [1.54, 1.807) is 11.3 Å². The molecule has 0 spiro atoms. The maximum atomic E-state index is 11.3. The highest BCUT2D eigenvalue weighted by Gasteiger charge is 2.58. The SMILES string of the molecule is Cc1nc(C[C@@H](O)[C@H]2CC[C@H]3[C@@H]4CC[C@@H]5C[C@](C)(O)CC[C@@H]5[C@H]4CC[C@]23C)sc1C. The van der Waals surface area contributed by atoms with E-state index in [1.807, 2.05) is 0 Å². The Morgan fingerprint density at radius 1 is 1.00 bits per heavy atom. The topological polar surface area (TPSA) is 53.4 Å². The third-order valence-electron chi connectivity index (χ3n) is 10.2. The molecule has 5 rings (SSSR count). The van der Waals surface area contributed by atoms with Crippen LogP contribution in [0.1, 0.15) is 87.2 Å². The van der Waals surface area contributed by atoms with Crippen molar-refractivity contribution in [1.82, 2.24) is 4.98 Å². The van der Waals surface area contributed by atoms with Crippen LogP contribution in [0.2, 0.25) is 0 Å². The van der Waals surface area contributed by atoms with Crippen LogP contribution < -0.4 is 0 Å². The monoisotopic (exact) mass is 431 g/mol. The Labute approximate surface area is 186 Å². The summed E-state index contributed by atoms with van der Waals surface area (Å²) in [4.78, 5) is 6.00. The summed E-state index contributed by atoms with van der Waals surface area (Å²) in [5.41, 5.74) is 1.00. The standard InChI is InChI=1S/C26H41NO2S/c1-15-16(2)30-24(27-15)13-23(28)22-8-7-21-20-6-5-17-14-25(3,29)11-9-18(17)19(20)10-12-26(21,22)4/h17-23,28-29H,5-14H2,1-4H3/t17-,18+,19-,20-,21+,22-,23-,25-,26+/m1/s1. The maximum Gasteiger partial charge on any atom is 0.0956 e. The maximum absolute atomic E-state index is 11.3. The van der Waals surface area contributed by atoms with E-state index in [1.165, 1.54) is 49.8 Å². The number of aromatic nitrogens is 1.